The molecule has 54 heavy (non-hydrogen) atoms. The third-order valence-electron chi connectivity index (χ3n) is 12.4. The predicted octanol–water partition coefficient (Wildman–Crippen LogP) is 2.80. The van der Waals surface area contributed by atoms with E-state index in [-0.39, 0.29) is 24.5 Å². The molecule has 0 radical (unpaired) electrons. The Morgan fingerprint density at radius 1 is 0.759 bits per heavy atom. The van der Waals surface area contributed by atoms with E-state index in [1.54, 1.807) is 18.2 Å². The quantitative estimate of drug-likeness (QED) is 0.306. The molecule has 14 heteroatoms. The van der Waals surface area contributed by atoms with Crippen molar-refractivity contribution in [1.82, 2.24) is 30.2 Å². The highest BCUT2D eigenvalue weighted by molar-refractivity contribution is 6.23. The minimum Gasteiger partial charge on any atom is -0.507 e. The topological polar surface area (TPSA) is 155 Å². The molecule has 2 unspecified atom stereocenters. The Bertz CT molecular complexity index is 1980. The van der Waals surface area contributed by atoms with E-state index in [1.807, 2.05) is 24.3 Å². The van der Waals surface area contributed by atoms with Crippen molar-refractivity contribution in [3.05, 3.63) is 59.7 Å². The van der Waals surface area contributed by atoms with Gasteiger partial charge >= 0.3 is 0 Å². The molecule has 6 aliphatic heterocycles. The highest BCUT2D eigenvalue weighted by atomic mass is 16.3. The molecule has 3 atom stereocenters. The number of aromatic hydroxyl groups is 1. The summed E-state index contributed by atoms with van der Waals surface area (Å²) in [5.74, 6) is 0.387. The van der Waals surface area contributed by atoms with E-state index in [9.17, 15) is 24.3 Å². The number of likely N-dealkylation sites (tertiary alicyclic amines) is 1. The Labute approximate surface area is 314 Å². The van der Waals surface area contributed by atoms with Crippen LogP contribution in [0, 0.1) is 11.8 Å². The zero-order valence-corrected chi connectivity index (χ0v) is 30.5. The van der Waals surface area contributed by atoms with Crippen molar-refractivity contribution >= 4 is 40.8 Å². The average Bonchev–Trinajstić information content (AvgIpc) is 3.43. The van der Waals surface area contributed by atoms with Crippen LogP contribution < -0.4 is 20.4 Å². The number of carbonyl (C=O) groups is 4. The smallest absolute Gasteiger partial charge is 0.262 e. The summed E-state index contributed by atoms with van der Waals surface area (Å²) in [6.07, 6.45) is 4.90. The molecule has 1 aromatic heterocycles. The molecule has 3 aromatic rings. The van der Waals surface area contributed by atoms with Crippen molar-refractivity contribution < 1.29 is 24.3 Å². The second-order valence-electron chi connectivity index (χ2n) is 15.8. The lowest BCUT2D eigenvalue weighted by atomic mass is 9.92. The minimum absolute atomic E-state index is 0.106. The molecule has 282 valence electrons. The minimum atomic E-state index is -0.955. The monoisotopic (exact) mass is 733 g/mol. The maximum atomic E-state index is 13.4. The fourth-order valence-corrected chi connectivity index (χ4v) is 9.57. The molecule has 3 N–H and O–H groups in total. The van der Waals surface area contributed by atoms with Gasteiger partial charge in [0.25, 0.3) is 11.8 Å². The number of piperidine rings is 3. The number of phenols is 1. The lowest BCUT2D eigenvalue weighted by Gasteiger charge is -2.47. The van der Waals surface area contributed by atoms with Crippen molar-refractivity contribution in [3.63, 3.8) is 0 Å². The summed E-state index contributed by atoms with van der Waals surface area (Å²) >= 11 is 0. The van der Waals surface area contributed by atoms with E-state index in [0.717, 1.165) is 100 Å². The molecule has 7 heterocycles. The van der Waals surface area contributed by atoms with Crippen molar-refractivity contribution in [1.29, 1.82) is 0 Å². The van der Waals surface area contributed by atoms with Gasteiger partial charge in [0.05, 0.1) is 28.6 Å². The van der Waals surface area contributed by atoms with Crippen LogP contribution in [0.1, 0.15) is 59.2 Å². The predicted molar refractivity (Wildman–Crippen MR) is 202 cm³/mol. The van der Waals surface area contributed by atoms with Crippen LogP contribution in [0.15, 0.2) is 48.5 Å². The van der Waals surface area contributed by atoms with E-state index in [1.165, 1.54) is 12.8 Å². The molecular formula is C40H47N9O5. The van der Waals surface area contributed by atoms with Crippen molar-refractivity contribution in [3.8, 4) is 17.0 Å². The van der Waals surface area contributed by atoms with Gasteiger partial charge in [0.2, 0.25) is 11.8 Å². The lowest BCUT2D eigenvalue weighted by Crippen LogP contribution is -2.59. The summed E-state index contributed by atoms with van der Waals surface area (Å²) in [5, 5.41) is 25.0. The Morgan fingerprint density at radius 3 is 2.39 bits per heavy atom. The van der Waals surface area contributed by atoms with Gasteiger partial charge in [-0.05, 0) is 86.9 Å². The highest BCUT2D eigenvalue weighted by Gasteiger charge is 2.45. The molecule has 4 saturated heterocycles. The Morgan fingerprint density at radius 2 is 1.56 bits per heavy atom. The number of imide groups is 2. The summed E-state index contributed by atoms with van der Waals surface area (Å²) in [5.41, 5.74) is 4.02. The molecule has 0 bridgehead atoms. The zero-order valence-electron chi connectivity index (χ0n) is 30.5. The van der Waals surface area contributed by atoms with Crippen molar-refractivity contribution in [2.75, 3.05) is 80.6 Å². The number of para-hydroxylation sites is 1. The summed E-state index contributed by atoms with van der Waals surface area (Å²) in [7, 11) is 0. The number of carbonyl (C=O) groups excluding carboxylic acids is 4. The van der Waals surface area contributed by atoms with E-state index in [2.05, 4.69) is 46.5 Å². The summed E-state index contributed by atoms with van der Waals surface area (Å²) in [4.78, 5) is 61.7. The summed E-state index contributed by atoms with van der Waals surface area (Å²) in [6, 6.07) is 14.2. The fraction of sp³-hybridized carbons (Fsp3) is 0.500. The number of nitrogens with one attached hydrogen (secondary N) is 2. The van der Waals surface area contributed by atoms with Crippen LogP contribution in [-0.2, 0) is 9.59 Å². The Kier molecular flexibility index (Phi) is 9.18. The third kappa shape index (κ3) is 6.55. The van der Waals surface area contributed by atoms with Gasteiger partial charge in [0.15, 0.2) is 5.82 Å². The van der Waals surface area contributed by atoms with Gasteiger partial charge in [-0.25, -0.2) is 0 Å². The van der Waals surface area contributed by atoms with Gasteiger partial charge in [0, 0.05) is 76.6 Å². The van der Waals surface area contributed by atoms with Crippen LogP contribution in [0.5, 0.6) is 5.75 Å². The molecule has 14 nitrogen and oxygen atoms in total. The summed E-state index contributed by atoms with van der Waals surface area (Å²) in [6.45, 7) is 10.1. The van der Waals surface area contributed by atoms with Gasteiger partial charge in [-0.2, -0.15) is 0 Å². The molecule has 0 spiro atoms. The van der Waals surface area contributed by atoms with Crippen LogP contribution in [0.3, 0.4) is 0 Å². The number of piperazine rings is 1. The molecule has 4 amide bonds. The number of phenolic OH excluding ortho intramolecular Hbond substituents is 1. The van der Waals surface area contributed by atoms with Gasteiger partial charge in [-0.15, -0.1) is 10.2 Å². The molecule has 2 aromatic carbocycles. The van der Waals surface area contributed by atoms with Crippen LogP contribution >= 0.6 is 0 Å². The zero-order chi connectivity index (χ0) is 36.9. The Balaban J connectivity index is 0.761. The van der Waals surface area contributed by atoms with Crippen LogP contribution in [0.2, 0.25) is 0 Å². The number of aromatic nitrogens is 2. The van der Waals surface area contributed by atoms with Crippen LogP contribution in [-0.4, -0.2) is 131 Å². The third-order valence-corrected chi connectivity index (χ3v) is 12.4. The first-order valence-corrected chi connectivity index (χ1v) is 19.5. The van der Waals surface area contributed by atoms with Gasteiger partial charge < -0.3 is 25.1 Å². The first-order chi connectivity index (χ1) is 26.3. The molecular weight excluding hydrogens is 686 g/mol. The maximum absolute atomic E-state index is 13.4. The van der Waals surface area contributed by atoms with E-state index in [0.29, 0.717) is 40.3 Å². The highest BCUT2D eigenvalue weighted by Crippen LogP contribution is 2.37. The fourth-order valence-electron chi connectivity index (χ4n) is 9.57. The SMILES string of the molecule is O=C1CCC(N2C(=O)c3ccc(N4CCC(CN5CCCC(CN6CCN7c8cc(-c9ccccc9O)nnc8NC[C@H]7C6)C5)CC4)cc3C2=O)C(=O)N1. The van der Waals surface area contributed by atoms with Gasteiger partial charge in [-0.3, -0.25) is 34.3 Å². The second kappa shape index (κ2) is 14.3. The summed E-state index contributed by atoms with van der Waals surface area (Å²) < 4.78 is 0. The van der Waals surface area contributed by atoms with Gasteiger partial charge in [-0.1, -0.05) is 12.1 Å². The first kappa shape index (κ1) is 34.7. The van der Waals surface area contributed by atoms with E-state index >= 15 is 0 Å². The largest absolute Gasteiger partial charge is 0.507 e. The average molecular weight is 734 g/mol. The molecule has 4 fully saturated rings. The number of hydrogen-bond donors (Lipinski definition) is 3. The molecule has 6 aliphatic rings. The molecule has 9 rings (SSSR count). The van der Waals surface area contributed by atoms with Crippen LogP contribution in [0.25, 0.3) is 11.3 Å². The second-order valence-corrected chi connectivity index (χ2v) is 15.8. The van der Waals surface area contributed by atoms with Crippen molar-refractivity contribution in [2.24, 2.45) is 11.8 Å². The van der Waals surface area contributed by atoms with Gasteiger partial charge in [0.1, 0.15) is 11.8 Å². The number of fused-ring (bicyclic) bond motifs is 4. The lowest BCUT2D eigenvalue weighted by molar-refractivity contribution is -0.136. The van der Waals surface area contributed by atoms with E-state index in [4.69, 9.17) is 0 Å². The number of rotatable bonds is 7. The first-order valence-electron chi connectivity index (χ1n) is 19.5. The standard InChI is InChI=1S/C40H47N9O5/c50-35-6-2-1-5-30(35)32-19-34-37(44-43-32)41-20-28-24-46(16-17-48(28)34)23-26-4-3-13-45(22-26)21-25-11-14-47(15-12-25)27-7-8-29-31(18-27)40(54)49(39(29)53)33-9-10-36(51)42-38(33)52/h1-2,5-8,18-19,25-26,28,33,50H,3-4,9-17,20-24H2,(H,41,44)(H,42,51,52)/t26?,28-,33?/m0/s1. The number of nitrogens with zero attached hydrogens (tertiary/aromatic N) is 7. The number of benzene rings is 2. The van der Waals surface area contributed by atoms with E-state index < -0.39 is 23.8 Å². The molecule has 0 aliphatic carbocycles. The van der Waals surface area contributed by atoms with Crippen LogP contribution in [0.4, 0.5) is 17.2 Å². The number of amides is 4. The normalized spacial score (nSPS) is 25.3. The Hall–Kier alpha value is -5.08. The maximum Gasteiger partial charge on any atom is 0.262 e. The van der Waals surface area contributed by atoms with Crippen molar-refractivity contribution in [2.45, 2.75) is 50.6 Å². The number of hydrogen-bond acceptors (Lipinski definition) is 12. The molecule has 0 saturated carbocycles. The number of anilines is 3.